The van der Waals surface area contributed by atoms with E-state index in [1.165, 1.54) is 10.8 Å². The average molecular weight is 443 g/mol. The second-order valence-corrected chi connectivity index (χ2v) is 8.43. The molecule has 1 aliphatic rings. The summed E-state index contributed by atoms with van der Waals surface area (Å²) in [4.78, 5) is 15.1. The first kappa shape index (κ1) is 21.1. The Morgan fingerprint density at radius 2 is 1.70 bits per heavy atom. The van der Waals surface area contributed by atoms with Gasteiger partial charge < -0.3 is 9.64 Å². The quantitative estimate of drug-likeness (QED) is 0.472. The van der Waals surface area contributed by atoms with Crippen molar-refractivity contribution in [3.63, 3.8) is 0 Å². The molecule has 0 N–H and O–H groups in total. The van der Waals surface area contributed by atoms with Crippen LogP contribution in [0.1, 0.15) is 17.2 Å². The SMILES string of the molecule is O=CN1CCN(CC(OCc2ccc3ccccc3c2)c2ccc(Cl)cc2Cl)CC1. The molecule has 0 bridgehead atoms. The first-order valence-corrected chi connectivity index (χ1v) is 10.8. The van der Waals surface area contributed by atoms with E-state index in [0.29, 0.717) is 23.2 Å². The highest BCUT2D eigenvalue weighted by molar-refractivity contribution is 6.35. The largest absolute Gasteiger partial charge is 0.367 e. The number of ether oxygens (including phenoxy) is 1. The zero-order chi connectivity index (χ0) is 20.9. The number of halogens is 2. The van der Waals surface area contributed by atoms with Crippen LogP contribution >= 0.6 is 23.2 Å². The molecule has 0 aliphatic carbocycles. The van der Waals surface area contributed by atoms with Gasteiger partial charge in [-0.05, 0) is 34.5 Å². The van der Waals surface area contributed by atoms with Crippen LogP contribution in [-0.2, 0) is 16.1 Å². The molecule has 1 amide bonds. The topological polar surface area (TPSA) is 32.8 Å². The fourth-order valence-corrected chi connectivity index (χ4v) is 4.34. The summed E-state index contributed by atoms with van der Waals surface area (Å²) in [5.74, 6) is 0. The maximum atomic E-state index is 11.0. The predicted octanol–water partition coefficient (Wildman–Crippen LogP) is 5.18. The summed E-state index contributed by atoms with van der Waals surface area (Å²) in [5.41, 5.74) is 2.05. The van der Waals surface area contributed by atoms with Gasteiger partial charge in [0.1, 0.15) is 0 Å². The number of benzene rings is 3. The molecular weight excluding hydrogens is 419 g/mol. The summed E-state index contributed by atoms with van der Waals surface area (Å²) in [6.07, 6.45) is 0.727. The average Bonchev–Trinajstić information content (AvgIpc) is 2.77. The van der Waals surface area contributed by atoms with Gasteiger partial charge in [-0.2, -0.15) is 0 Å². The number of carbonyl (C=O) groups excluding carboxylic acids is 1. The van der Waals surface area contributed by atoms with E-state index >= 15 is 0 Å². The van der Waals surface area contributed by atoms with E-state index in [2.05, 4.69) is 35.2 Å². The number of carbonyl (C=O) groups is 1. The lowest BCUT2D eigenvalue weighted by Gasteiger charge is -2.35. The van der Waals surface area contributed by atoms with Crippen molar-refractivity contribution in [2.45, 2.75) is 12.7 Å². The molecule has 3 aromatic rings. The molecule has 6 heteroatoms. The highest BCUT2D eigenvalue weighted by Crippen LogP contribution is 2.30. The van der Waals surface area contributed by atoms with Crippen molar-refractivity contribution < 1.29 is 9.53 Å². The minimum atomic E-state index is -0.191. The Morgan fingerprint density at radius 3 is 2.43 bits per heavy atom. The van der Waals surface area contributed by atoms with Gasteiger partial charge in [0.25, 0.3) is 0 Å². The van der Waals surface area contributed by atoms with E-state index in [-0.39, 0.29) is 6.10 Å². The van der Waals surface area contributed by atoms with Gasteiger partial charge >= 0.3 is 0 Å². The maximum absolute atomic E-state index is 11.0. The molecule has 4 nitrogen and oxygen atoms in total. The van der Waals surface area contributed by atoms with Crippen LogP contribution < -0.4 is 0 Å². The Hall–Kier alpha value is -2.11. The van der Waals surface area contributed by atoms with Crippen molar-refractivity contribution in [1.29, 1.82) is 0 Å². The van der Waals surface area contributed by atoms with Crippen molar-refractivity contribution in [2.75, 3.05) is 32.7 Å². The third kappa shape index (κ3) is 5.13. The fraction of sp³-hybridized carbons (Fsp3) is 0.292. The van der Waals surface area contributed by atoms with Gasteiger partial charge in [0, 0.05) is 48.3 Å². The number of rotatable bonds is 7. The number of hydrogen-bond donors (Lipinski definition) is 0. The van der Waals surface area contributed by atoms with Crippen LogP contribution in [0.5, 0.6) is 0 Å². The second-order valence-electron chi connectivity index (χ2n) is 7.59. The van der Waals surface area contributed by atoms with Gasteiger partial charge in [-0.1, -0.05) is 65.7 Å². The lowest BCUT2D eigenvalue weighted by atomic mass is 10.1. The summed E-state index contributed by atoms with van der Waals surface area (Å²) in [5, 5.41) is 3.63. The van der Waals surface area contributed by atoms with Crippen LogP contribution in [0, 0.1) is 0 Å². The zero-order valence-electron chi connectivity index (χ0n) is 16.6. The molecule has 1 saturated heterocycles. The number of fused-ring (bicyclic) bond motifs is 1. The van der Waals surface area contributed by atoms with E-state index in [1.54, 1.807) is 11.0 Å². The molecule has 4 rings (SSSR count). The van der Waals surface area contributed by atoms with Crippen molar-refractivity contribution in [3.8, 4) is 0 Å². The van der Waals surface area contributed by atoms with Gasteiger partial charge in [0.2, 0.25) is 6.41 Å². The normalized spacial score (nSPS) is 16.0. The third-order valence-electron chi connectivity index (χ3n) is 5.55. The van der Waals surface area contributed by atoms with Gasteiger partial charge in [-0.25, -0.2) is 0 Å². The molecule has 0 radical (unpaired) electrons. The molecule has 0 saturated carbocycles. The van der Waals surface area contributed by atoms with Gasteiger partial charge in [0.05, 0.1) is 12.7 Å². The Labute approximate surface area is 186 Å². The Balaban J connectivity index is 1.51. The summed E-state index contributed by atoms with van der Waals surface area (Å²) >= 11 is 12.6. The van der Waals surface area contributed by atoms with Crippen molar-refractivity contribution in [3.05, 3.63) is 81.8 Å². The predicted molar refractivity (Wildman–Crippen MR) is 122 cm³/mol. The monoisotopic (exact) mass is 442 g/mol. The van der Waals surface area contributed by atoms with Crippen LogP contribution in [0.3, 0.4) is 0 Å². The second kappa shape index (κ2) is 9.80. The number of amides is 1. The highest BCUT2D eigenvalue weighted by atomic mass is 35.5. The van der Waals surface area contributed by atoms with Crippen molar-refractivity contribution in [2.24, 2.45) is 0 Å². The molecular formula is C24H24Cl2N2O2. The molecule has 1 heterocycles. The minimum Gasteiger partial charge on any atom is -0.367 e. The smallest absolute Gasteiger partial charge is 0.209 e. The number of hydrogen-bond acceptors (Lipinski definition) is 3. The molecule has 30 heavy (non-hydrogen) atoms. The van der Waals surface area contributed by atoms with Gasteiger partial charge in [-0.3, -0.25) is 9.69 Å². The van der Waals surface area contributed by atoms with E-state index < -0.39 is 0 Å². The summed E-state index contributed by atoms with van der Waals surface area (Å²) < 4.78 is 6.39. The van der Waals surface area contributed by atoms with E-state index in [1.807, 2.05) is 24.3 Å². The Morgan fingerprint density at radius 1 is 0.933 bits per heavy atom. The fourth-order valence-electron chi connectivity index (χ4n) is 3.81. The van der Waals surface area contributed by atoms with E-state index in [4.69, 9.17) is 27.9 Å². The number of piperazine rings is 1. The summed E-state index contributed by atoms with van der Waals surface area (Å²) in [6, 6.07) is 20.2. The van der Waals surface area contributed by atoms with Crippen LogP contribution in [0.2, 0.25) is 10.0 Å². The zero-order valence-corrected chi connectivity index (χ0v) is 18.1. The third-order valence-corrected chi connectivity index (χ3v) is 6.12. The maximum Gasteiger partial charge on any atom is 0.209 e. The molecule has 3 aromatic carbocycles. The Bertz CT molecular complexity index is 1020. The molecule has 1 aliphatic heterocycles. The lowest BCUT2D eigenvalue weighted by Crippen LogP contribution is -2.47. The van der Waals surface area contributed by atoms with E-state index in [9.17, 15) is 4.79 Å². The van der Waals surface area contributed by atoms with Crippen molar-refractivity contribution >= 4 is 40.4 Å². The number of nitrogens with zero attached hydrogens (tertiary/aromatic N) is 2. The van der Waals surface area contributed by atoms with Gasteiger partial charge in [0.15, 0.2) is 0 Å². The van der Waals surface area contributed by atoms with Crippen LogP contribution in [-0.4, -0.2) is 48.9 Å². The lowest BCUT2D eigenvalue weighted by molar-refractivity contribution is -0.120. The first-order valence-electron chi connectivity index (χ1n) is 10.1. The Kier molecular flexibility index (Phi) is 6.90. The minimum absolute atomic E-state index is 0.191. The molecule has 1 fully saturated rings. The van der Waals surface area contributed by atoms with Crippen LogP contribution in [0.15, 0.2) is 60.7 Å². The van der Waals surface area contributed by atoms with Crippen LogP contribution in [0.25, 0.3) is 10.8 Å². The molecule has 1 unspecified atom stereocenters. The van der Waals surface area contributed by atoms with E-state index in [0.717, 1.165) is 43.7 Å². The molecule has 0 spiro atoms. The standard InChI is InChI=1S/C24H24Cl2N2O2/c25-21-7-8-22(23(26)14-21)24(15-27-9-11-28(17-29)12-10-27)30-16-18-5-6-19-3-1-2-4-20(19)13-18/h1-8,13-14,17,24H,9-12,15-16H2. The molecule has 0 aromatic heterocycles. The van der Waals surface area contributed by atoms with Gasteiger partial charge in [-0.15, -0.1) is 0 Å². The molecule has 156 valence electrons. The summed E-state index contributed by atoms with van der Waals surface area (Å²) in [7, 11) is 0. The highest BCUT2D eigenvalue weighted by Gasteiger charge is 2.23. The van der Waals surface area contributed by atoms with Crippen LogP contribution in [0.4, 0.5) is 0 Å². The molecule has 1 atom stereocenters. The summed E-state index contributed by atoms with van der Waals surface area (Å²) in [6.45, 7) is 4.30. The first-order chi connectivity index (χ1) is 14.6. The van der Waals surface area contributed by atoms with Crippen molar-refractivity contribution in [1.82, 2.24) is 9.80 Å².